The van der Waals surface area contributed by atoms with Crippen molar-refractivity contribution in [3.63, 3.8) is 0 Å². The van der Waals surface area contributed by atoms with Gasteiger partial charge < -0.3 is 16.0 Å². The maximum atomic E-state index is 13.5. The van der Waals surface area contributed by atoms with Crippen LogP contribution in [0.2, 0.25) is 0 Å². The molecule has 0 spiro atoms. The topological polar surface area (TPSA) is 70.2 Å². The van der Waals surface area contributed by atoms with Crippen molar-refractivity contribution in [1.29, 1.82) is 0 Å². The molecule has 0 aliphatic carbocycles. The van der Waals surface area contributed by atoms with E-state index in [-0.39, 0.29) is 23.4 Å². The summed E-state index contributed by atoms with van der Waals surface area (Å²) in [5, 5.41) is 8.31. The number of benzene rings is 1. The highest BCUT2D eigenvalue weighted by molar-refractivity contribution is 5.94. The Kier molecular flexibility index (Phi) is 4.68. The largest absolute Gasteiger partial charge is 0.326 e. The quantitative estimate of drug-likeness (QED) is 0.789. The second kappa shape index (κ2) is 6.47. The summed E-state index contributed by atoms with van der Waals surface area (Å²) in [5.74, 6) is -1.04. The first-order valence-corrected chi connectivity index (χ1v) is 6.65. The number of piperidine rings is 1. The molecule has 3 N–H and O–H groups in total. The Morgan fingerprint density at radius 3 is 2.80 bits per heavy atom. The Labute approximate surface area is 116 Å². The van der Waals surface area contributed by atoms with Gasteiger partial charge in [-0.05, 0) is 37.6 Å². The van der Waals surface area contributed by atoms with Crippen molar-refractivity contribution < 1.29 is 14.0 Å². The van der Waals surface area contributed by atoms with E-state index < -0.39 is 5.82 Å². The lowest BCUT2D eigenvalue weighted by molar-refractivity contribution is -0.120. The van der Waals surface area contributed by atoms with Gasteiger partial charge in [-0.15, -0.1) is 0 Å². The molecule has 5 nitrogen and oxygen atoms in total. The Morgan fingerprint density at radius 2 is 2.15 bits per heavy atom. The number of hydrogen-bond donors (Lipinski definition) is 3. The lowest BCUT2D eigenvalue weighted by Gasteiger charge is -2.22. The average molecular weight is 279 g/mol. The predicted molar refractivity (Wildman–Crippen MR) is 74.9 cm³/mol. The van der Waals surface area contributed by atoms with E-state index in [4.69, 9.17) is 0 Å². The second-order valence-electron chi connectivity index (χ2n) is 4.91. The molecule has 2 rings (SSSR count). The molecule has 1 heterocycles. The SMILES string of the molecule is CC(=O)Nc1cc(NC(=O)[C@H]2CCCNC2)ccc1F. The van der Waals surface area contributed by atoms with Crippen LogP contribution in [-0.2, 0) is 9.59 Å². The molecular formula is C14H18FN3O2. The molecule has 1 aromatic carbocycles. The van der Waals surface area contributed by atoms with E-state index in [1.165, 1.54) is 25.1 Å². The van der Waals surface area contributed by atoms with Crippen molar-refractivity contribution in [1.82, 2.24) is 5.32 Å². The van der Waals surface area contributed by atoms with Crippen molar-refractivity contribution >= 4 is 23.2 Å². The maximum Gasteiger partial charge on any atom is 0.228 e. The van der Waals surface area contributed by atoms with Gasteiger partial charge in [0.05, 0.1) is 11.6 Å². The zero-order chi connectivity index (χ0) is 14.5. The fraction of sp³-hybridized carbons (Fsp3) is 0.429. The van der Waals surface area contributed by atoms with Crippen molar-refractivity contribution in [2.45, 2.75) is 19.8 Å². The van der Waals surface area contributed by atoms with Crippen LogP contribution in [0.1, 0.15) is 19.8 Å². The standard InChI is InChI=1S/C14H18FN3O2/c1-9(19)17-13-7-11(4-5-12(13)15)18-14(20)10-3-2-6-16-8-10/h4-5,7,10,16H,2-3,6,8H2,1H3,(H,17,19)(H,18,20)/t10-/m0/s1. The molecule has 0 aromatic heterocycles. The lowest BCUT2D eigenvalue weighted by Crippen LogP contribution is -2.37. The minimum absolute atomic E-state index is 0.0667. The number of amides is 2. The van der Waals surface area contributed by atoms with Gasteiger partial charge in [0, 0.05) is 19.2 Å². The van der Waals surface area contributed by atoms with Gasteiger partial charge in [0.15, 0.2) is 0 Å². The van der Waals surface area contributed by atoms with Crippen LogP contribution < -0.4 is 16.0 Å². The van der Waals surface area contributed by atoms with Gasteiger partial charge >= 0.3 is 0 Å². The molecule has 2 amide bonds. The Balaban J connectivity index is 2.05. The molecule has 0 saturated carbocycles. The van der Waals surface area contributed by atoms with Gasteiger partial charge in [-0.2, -0.15) is 0 Å². The maximum absolute atomic E-state index is 13.5. The highest BCUT2D eigenvalue weighted by Crippen LogP contribution is 2.21. The predicted octanol–water partition coefficient (Wildman–Crippen LogP) is 1.72. The zero-order valence-corrected chi connectivity index (χ0v) is 11.3. The summed E-state index contributed by atoms with van der Waals surface area (Å²) in [7, 11) is 0. The molecule has 108 valence electrons. The van der Waals surface area contributed by atoms with Gasteiger partial charge in [-0.3, -0.25) is 9.59 Å². The number of nitrogens with one attached hydrogen (secondary N) is 3. The molecule has 0 bridgehead atoms. The normalized spacial score (nSPS) is 18.4. The summed E-state index contributed by atoms with van der Waals surface area (Å²) in [6.07, 6.45) is 1.82. The Bertz CT molecular complexity index is 513. The first-order valence-electron chi connectivity index (χ1n) is 6.65. The van der Waals surface area contributed by atoms with Crippen molar-refractivity contribution in [2.75, 3.05) is 23.7 Å². The highest BCUT2D eigenvalue weighted by atomic mass is 19.1. The van der Waals surface area contributed by atoms with Gasteiger partial charge in [-0.25, -0.2) is 4.39 Å². The molecular weight excluding hydrogens is 261 g/mol. The van der Waals surface area contributed by atoms with E-state index >= 15 is 0 Å². The number of rotatable bonds is 3. The number of anilines is 2. The van der Waals surface area contributed by atoms with Crippen molar-refractivity contribution in [2.24, 2.45) is 5.92 Å². The first-order chi connectivity index (χ1) is 9.56. The summed E-state index contributed by atoms with van der Waals surface area (Å²) in [4.78, 5) is 23.0. The van der Waals surface area contributed by atoms with Crippen molar-refractivity contribution in [3.05, 3.63) is 24.0 Å². The Hall–Kier alpha value is -1.95. The molecule has 0 radical (unpaired) electrons. The highest BCUT2D eigenvalue weighted by Gasteiger charge is 2.21. The van der Waals surface area contributed by atoms with E-state index in [0.717, 1.165) is 19.4 Å². The summed E-state index contributed by atoms with van der Waals surface area (Å²) in [6.45, 7) is 2.90. The van der Waals surface area contributed by atoms with Gasteiger partial charge in [0.1, 0.15) is 5.82 Å². The van der Waals surface area contributed by atoms with Gasteiger partial charge in [0.2, 0.25) is 11.8 Å². The molecule has 1 aliphatic heterocycles. The van der Waals surface area contributed by atoms with Gasteiger partial charge in [-0.1, -0.05) is 0 Å². The third-order valence-corrected chi connectivity index (χ3v) is 3.21. The van der Waals surface area contributed by atoms with Crippen LogP contribution in [-0.4, -0.2) is 24.9 Å². The smallest absolute Gasteiger partial charge is 0.228 e. The fourth-order valence-electron chi connectivity index (χ4n) is 2.21. The monoisotopic (exact) mass is 279 g/mol. The van der Waals surface area contributed by atoms with Crippen LogP contribution >= 0.6 is 0 Å². The third-order valence-electron chi connectivity index (χ3n) is 3.21. The van der Waals surface area contributed by atoms with Crippen molar-refractivity contribution in [3.8, 4) is 0 Å². The van der Waals surface area contributed by atoms with E-state index in [0.29, 0.717) is 12.2 Å². The average Bonchev–Trinajstić information content (AvgIpc) is 2.43. The van der Waals surface area contributed by atoms with Crippen LogP contribution in [0.3, 0.4) is 0 Å². The fourth-order valence-corrected chi connectivity index (χ4v) is 2.21. The van der Waals surface area contributed by atoms with Gasteiger partial charge in [0.25, 0.3) is 0 Å². The zero-order valence-electron chi connectivity index (χ0n) is 11.3. The summed E-state index contributed by atoms with van der Waals surface area (Å²) in [6, 6.07) is 4.12. The van der Waals surface area contributed by atoms with Crippen LogP contribution in [0.4, 0.5) is 15.8 Å². The first kappa shape index (κ1) is 14.5. The number of halogens is 1. The van der Waals surface area contributed by atoms with E-state index in [2.05, 4.69) is 16.0 Å². The van der Waals surface area contributed by atoms with E-state index in [1.54, 1.807) is 0 Å². The van der Waals surface area contributed by atoms with Crippen LogP contribution in [0.25, 0.3) is 0 Å². The second-order valence-corrected chi connectivity index (χ2v) is 4.91. The molecule has 1 aromatic rings. The lowest BCUT2D eigenvalue weighted by atomic mass is 9.99. The molecule has 1 atom stereocenters. The minimum Gasteiger partial charge on any atom is -0.326 e. The molecule has 20 heavy (non-hydrogen) atoms. The van der Waals surface area contributed by atoms with Crippen LogP contribution in [0.15, 0.2) is 18.2 Å². The van der Waals surface area contributed by atoms with E-state index in [1.807, 2.05) is 0 Å². The summed E-state index contributed by atoms with van der Waals surface area (Å²) < 4.78 is 13.5. The Morgan fingerprint density at radius 1 is 1.35 bits per heavy atom. The molecule has 1 fully saturated rings. The molecule has 6 heteroatoms. The molecule has 1 saturated heterocycles. The summed E-state index contributed by atoms with van der Waals surface area (Å²) in [5.41, 5.74) is 0.544. The minimum atomic E-state index is -0.530. The number of hydrogen-bond acceptors (Lipinski definition) is 3. The van der Waals surface area contributed by atoms with Crippen LogP contribution in [0.5, 0.6) is 0 Å². The van der Waals surface area contributed by atoms with Crippen LogP contribution in [0, 0.1) is 11.7 Å². The number of carbonyl (C=O) groups is 2. The molecule has 0 unspecified atom stereocenters. The third kappa shape index (κ3) is 3.77. The van der Waals surface area contributed by atoms with E-state index in [9.17, 15) is 14.0 Å². The number of carbonyl (C=O) groups excluding carboxylic acids is 2. The molecule has 1 aliphatic rings. The summed E-state index contributed by atoms with van der Waals surface area (Å²) >= 11 is 0.